The number of fused-ring (bicyclic) bond motifs is 1. The number of aromatic nitrogens is 1. The van der Waals surface area contributed by atoms with Crippen molar-refractivity contribution >= 4 is 40.3 Å². The van der Waals surface area contributed by atoms with E-state index in [0.717, 1.165) is 16.5 Å². The van der Waals surface area contributed by atoms with E-state index in [4.69, 9.17) is 16.2 Å². The van der Waals surface area contributed by atoms with E-state index in [-0.39, 0.29) is 32.2 Å². The number of carbonyl (C=O) groups is 5. The number of primary amides is 1. The highest BCUT2D eigenvalue weighted by atomic mass is 16.5. The van der Waals surface area contributed by atoms with Gasteiger partial charge in [-0.3, -0.25) is 24.0 Å². The van der Waals surface area contributed by atoms with Crippen LogP contribution >= 0.6 is 0 Å². The highest BCUT2D eigenvalue weighted by molar-refractivity contribution is 5.96. The molecule has 0 bridgehead atoms. The molecular formula is C28H38N4O8. The number of likely N-dealkylation sites (tertiary alicyclic amines) is 1. The molecule has 12 nitrogen and oxygen atoms in total. The van der Waals surface area contributed by atoms with Crippen LogP contribution in [0.15, 0.2) is 30.5 Å². The van der Waals surface area contributed by atoms with Gasteiger partial charge in [0.15, 0.2) is 5.78 Å². The lowest BCUT2D eigenvalue weighted by atomic mass is 9.83. The Hall–Kier alpha value is -3.61. The largest absolute Gasteiger partial charge is 0.461 e. The smallest absolute Gasteiger partial charge is 0.302 e. The Labute approximate surface area is 232 Å². The minimum absolute atomic E-state index is 0.0161. The number of carbonyl (C=O) groups excluding carboxylic acids is 5. The van der Waals surface area contributed by atoms with Gasteiger partial charge in [0.25, 0.3) is 0 Å². The Morgan fingerprint density at radius 1 is 1.10 bits per heavy atom. The fraction of sp³-hybridized carbons (Fsp3) is 0.536. The van der Waals surface area contributed by atoms with Crippen molar-refractivity contribution in [1.29, 1.82) is 0 Å². The number of benzene rings is 1. The molecule has 0 aliphatic carbocycles. The van der Waals surface area contributed by atoms with Crippen molar-refractivity contribution in [2.24, 2.45) is 23.3 Å². The zero-order valence-corrected chi connectivity index (χ0v) is 22.9. The molecule has 2 amide bonds. The fourth-order valence-corrected chi connectivity index (χ4v) is 5.20. The van der Waals surface area contributed by atoms with Gasteiger partial charge in [0.05, 0.1) is 30.7 Å². The molecule has 1 fully saturated rings. The topological polar surface area (TPSA) is 206 Å². The number of aliphatic hydroxyl groups is 2. The molecule has 2 heterocycles. The van der Waals surface area contributed by atoms with Gasteiger partial charge in [0.1, 0.15) is 17.9 Å². The molecule has 1 aliphatic rings. The molecule has 1 aromatic heterocycles. The number of amides is 2. The van der Waals surface area contributed by atoms with Crippen LogP contribution in [0, 0.1) is 11.8 Å². The Morgan fingerprint density at radius 2 is 1.77 bits per heavy atom. The number of ketones is 2. The van der Waals surface area contributed by atoms with Crippen LogP contribution in [0.3, 0.4) is 0 Å². The van der Waals surface area contributed by atoms with Crippen molar-refractivity contribution in [3.05, 3.63) is 36.0 Å². The van der Waals surface area contributed by atoms with Gasteiger partial charge in [-0.2, -0.15) is 0 Å². The van der Waals surface area contributed by atoms with E-state index < -0.39 is 71.6 Å². The first-order valence-electron chi connectivity index (χ1n) is 13.3. The minimum Gasteiger partial charge on any atom is -0.461 e. The summed E-state index contributed by atoms with van der Waals surface area (Å²) in [5.74, 6) is -5.00. The van der Waals surface area contributed by atoms with Gasteiger partial charge in [-0.05, 0) is 31.9 Å². The third-order valence-corrected chi connectivity index (χ3v) is 7.47. The quantitative estimate of drug-likeness (QED) is 0.209. The molecule has 218 valence electrons. The first-order valence-corrected chi connectivity index (χ1v) is 13.3. The lowest BCUT2D eigenvalue weighted by Crippen LogP contribution is -2.52. The van der Waals surface area contributed by atoms with E-state index in [9.17, 15) is 34.2 Å². The Balaban J connectivity index is 1.90. The van der Waals surface area contributed by atoms with Crippen molar-refractivity contribution in [3.8, 4) is 0 Å². The van der Waals surface area contributed by atoms with Crippen LogP contribution in [0.4, 0.5) is 0 Å². The molecule has 0 spiro atoms. The molecule has 12 heteroatoms. The molecule has 3 rings (SSSR count). The first kappa shape index (κ1) is 30.9. The summed E-state index contributed by atoms with van der Waals surface area (Å²) in [4.78, 5) is 68.1. The maximum atomic E-state index is 13.7. The molecule has 40 heavy (non-hydrogen) atoms. The number of ether oxygens (including phenoxy) is 1. The maximum Gasteiger partial charge on any atom is 0.302 e. The normalized spacial score (nSPS) is 20.9. The van der Waals surface area contributed by atoms with E-state index in [1.807, 2.05) is 24.3 Å². The van der Waals surface area contributed by atoms with Crippen molar-refractivity contribution < 1.29 is 38.9 Å². The molecule has 0 radical (unpaired) electrons. The van der Waals surface area contributed by atoms with Gasteiger partial charge < -0.3 is 36.3 Å². The summed E-state index contributed by atoms with van der Waals surface area (Å²) in [5, 5.41) is 20.7. The number of aromatic amines is 1. The fourth-order valence-electron chi connectivity index (χ4n) is 5.20. The average Bonchev–Trinajstić information content (AvgIpc) is 3.49. The summed E-state index contributed by atoms with van der Waals surface area (Å²) in [6.45, 7) is 3.86. The molecular weight excluding hydrogens is 520 g/mol. The maximum absolute atomic E-state index is 13.7. The third kappa shape index (κ3) is 7.32. The summed E-state index contributed by atoms with van der Waals surface area (Å²) in [7, 11) is 0. The van der Waals surface area contributed by atoms with Crippen molar-refractivity contribution in [2.45, 2.75) is 76.9 Å². The number of aliphatic hydroxyl groups excluding tert-OH is 2. The summed E-state index contributed by atoms with van der Waals surface area (Å²) < 4.78 is 5.26. The second-order valence-corrected chi connectivity index (χ2v) is 10.6. The lowest BCUT2D eigenvalue weighted by molar-refractivity contribution is -0.147. The number of Topliss-reactive ketones (excluding diaryl/α,β-unsaturated/α-hetero) is 2. The molecule has 7 atom stereocenters. The number of rotatable bonds is 13. The zero-order chi connectivity index (χ0) is 29.7. The molecule has 0 saturated carbocycles. The van der Waals surface area contributed by atoms with Gasteiger partial charge in [0, 0.05) is 49.2 Å². The van der Waals surface area contributed by atoms with Gasteiger partial charge in [-0.1, -0.05) is 18.2 Å². The van der Waals surface area contributed by atoms with Crippen LogP contribution in [0.2, 0.25) is 0 Å². The number of para-hydroxylation sites is 1. The van der Waals surface area contributed by atoms with Crippen LogP contribution in [0.5, 0.6) is 0 Å². The third-order valence-electron chi connectivity index (χ3n) is 7.47. The average molecular weight is 559 g/mol. The molecule has 1 saturated heterocycles. The Bertz CT molecular complexity index is 1260. The van der Waals surface area contributed by atoms with Crippen LogP contribution in [0.1, 0.15) is 45.6 Å². The molecule has 1 aromatic carbocycles. The number of nitrogens with zero attached hydrogens (tertiary/aromatic N) is 1. The summed E-state index contributed by atoms with van der Waals surface area (Å²) in [6.07, 6.45) is -1.83. The number of hydrogen-bond acceptors (Lipinski definition) is 9. The number of nitrogens with one attached hydrogen (secondary N) is 1. The van der Waals surface area contributed by atoms with Gasteiger partial charge in [0.2, 0.25) is 11.8 Å². The monoisotopic (exact) mass is 558 g/mol. The van der Waals surface area contributed by atoms with Crippen LogP contribution in [-0.2, 0) is 35.1 Å². The van der Waals surface area contributed by atoms with Gasteiger partial charge in [-0.25, -0.2) is 0 Å². The highest BCUT2D eigenvalue weighted by Crippen LogP contribution is 2.29. The Kier molecular flexibility index (Phi) is 10.2. The predicted molar refractivity (Wildman–Crippen MR) is 144 cm³/mol. The summed E-state index contributed by atoms with van der Waals surface area (Å²) in [6, 6.07) is 5.13. The lowest BCUT2D eigenvalue weighted by Gasteiger charge is -2.28. The second-order valence-electron chi connectivity index (χ2n) is 10.6. The minimum atomic E-state index is -1.29. The second kappa shape index (κ2) is 13.2. The Morgan fingerprint density at radius 3 is 2.38 bits per heavy atom. The number of esters is 1. The number of H-pyrrole nitrogens is 1. The molecule has 1 unspecified atom stereocenters. The van der Waals surface area contributed by atoms with Crippen LogP contribution in [0.25, 0.3) is 10.9 Å². The standard InChI is InChI=1S/C28H38N4O8/c1-14(33)21(27(30)38)11-24(36)17(8-18-12-31-22-7-5-4-6-20(18)22)9-25(37)23-10-19(40-16(3)35)13-32(23)28(39)26(29)15(2)34/h4-7,12,14-15,17,19,21,23,26,31,33-34H,8-11,13,29H2,1-3H3,(H2,30,38)/t14-,15-,17-,19?,21+,23+,26+/m1/s1. The van der Waals surface area contributed by atoms with E-state index in [2.05, 4.69) is 4.98 Å². The molecule has 1 aliphatic heterocycles. The van der Waals surface area contributed by atoms with E-state index in [0.29, 0.717) is 0 Å². The SMILES string of the molecule is CC(=O)OC1C[C@@H](C(=O)C[C@@H](Cc2c[nH]c3ccccc23)C(=O)C[C@H](C(N)=O)[C@@H](C)O)N(C(=O)[C@@H](N)[C@@H](C)O)C1. The van der Waals surface area contributed by atoms with Gasteiger partial charge in [-0.15, -0.1) is 0 Å². The first-order chi connectivity index (χ1) is 18.8. The van der Waals surface area contributed by atoms with E-state index in [1.165, 1.54) is 25.7 Å². The predicted octanol–water partition coefficient (Wildman–Crippen LogP) is -0.0320. The highest BCUT2D eigenvalue weighted by Gasteiger charge is 2.44. The zero-order valence-electron chi connectivity index (χ0n) is 22.9. The van der Waals surface area contributed by atoms with Crippen LogP contribution < -0.4 is 11.5 Å². The van der Waals surface area contributed by atoms with E-state index in [1.54, 1.807) is 6.20 Å². The van der Waals surface area contributed by atoms with Gasteiger partial charge >= 0.3 is 5.97 Å². The summed E-state index contributed by atoms with van der Waals surface area (Å²) in [5.41, 5.74) is 12.9. The van der Waals surface area contributed by atoms with Crippen LogP contribution in [-0.4, -0.2) is 86.4 Å². The van der Waals surface area contributed by atoms with Crippen molar-refractivity contribution in [2.75, 3.05) is 6.54 Å². The molecule has 7 N–H and O–H groups in total. The van der Waals surface area contributed by atoms with Crippen molar-refractivity contribution in [3.63, 3.8) is 0 Å². The summed E-state index contributed by atoms with van der Waals surface area (Å²) >= 11 is 0. The molecule has 2 aromatic rings. The van der Waals surface area contributed by atoms with E-state index >= 15 is 0 Å². The number of hydrogen-bond donors (Lipinski definition) is 5. The number of nitrogens with two attached hydrogens (primary N) is 2. The van der Waals surface area contributed by atoms with Crippen molar-refractivity contribution in [1.82, 2.24) is 9.88 Å².